The van der Waals surface area contributed by atoms with Crippen molar-refractivity contribution in [2.45, 2.75) is 9.79 Å². The fourth-order valence-corrected chi connectivity index (χ4v) is 3.84. The summed E-state index contributed by atoms with van der Waals surface area (Å²) in [5, 5.41) is 0. The van der Waals surface area contributed by atoms with Crippen LogP contribution in [0.25, 0.3) is 0 Å². The van der Waals surface area contributed by atoms with Gasteiger partial charge in [0.1, 0.15) is 16.4 Å². The second-order valence-corrected chi connectivity index (χ2v) is 9.21. The van der Waals surface area contributed by atoms with Gasteiger partial charge in [0.2, 0.25) is 0 Å². The Labute approximate surface area is 177 Å². The van der Waals surface area contributed by atoms with Crippen LogP contribution in [0.2, 0.25) is 0 Å². The van der Waals surface area contributed by atoms with Gasteiger partial charge in [-0.3, -0.25) is 13.9 Å². The second kappa shape index (κ2) is 8.00. The van der Waals surface area contributed by atoms with E-state index in [1.54, 1.807) is 0 Å². The predicted molar refractivity (Wildman–Crippen MR) is 111 cm³/mol. The molecule has 6 N–H and O–H groups in total. The molecule has 0 aliphatic carbocycles. The van der Waals surface area contributed by atoms with Crippen molar-refractivity contribution in [3.05, 3.63) is 71.8 Å². The molecule has 0 bridgehead atoms. The van der Waals surface area contributed by atoms with Crippen molar-refractivity contribution >= 4 is 37.4 Å². The average Bonchev–Trinajstić information content (AvgIpc) is 2.66. The number of anilines is 2. The van der Waals surface area contributed by atoms with Crippen molar-refractivity contribution in [3.8, 4) is 11.5 Å². The monoisotopic (exact) mass is 464 g/mol. The lowest BCUT2D eigenvalue weighted by atomic mass is 10.0. The zero-order valence-electron chi connectivity index (χ0n) is 15.6. The molecule has 0 aliphatic heterocycles. The van der Waals surface area contributed by atoms with Gasteiger partial charge in [-0.25, -0.2) is 0 Å². The van der Waals surface area contributed by atoms with E-state index in [9.17, 15) is 26.2 Å². The number of ether oxygens (including phenoxy) is 1. The normalized spacial score (nSPS) is 11.8. The Balaban J connectivity index is 2.00. The lowest BCUT2D eigenvalue weighted by Crippen LogP contribution is -2.07. The number of hydrogen-bond donors (Lipinski definition) is 4. The SMILES string of the molecule is Nc1cc(N)cc(C(=O)c2ccc(Oc3ccc(S(=O)(=O)O)cc3)c(S(=O)(=O)O)c2)c1. The summed E-state index contributed by atoms with van der Waals surface area (Å²) < 4.78 is 69.9. The van der Waals surface area contributed by atoms with Crippen molar-refractivity contribution in [1.29, 1.82) is 0 Å². The Hall–Kier alpha value is -3.45. The highest BCUT2D eigenvalue weighted by Gasteiger charge is 2.21. The van der Waals surface area contributed by atoms with Crippen LogP contribution in [0.1, 0.15) is 15.9 Å². The van der Waals surface area contributed by atoms with Crippen molar-refractivity contribution < 1.29 is 35.5 Å². The number of benzene rings is 3. The van der Waals surface area contributed by atoms with Crippen LogP contribution in [0.5, 0.6) is 11.5 Å². The number of rotatable bonds is 6. The van der Waals surface area contributed by atoms with Gasteiger partial charge in [0.05, 0.1) is 4.90 Å². The molecule has 0 aliphatic rings. The van der Waals surface area contributed by atoms with Crippen LogP contribution in [0, 0.1) is 0 Å². The van der Waals surface area contributed by atoms with Crippen molar-refractivity contribution in [3.63, 3.8) is 0 Å². The Morgan fingerprint density at radius 2 is 1.32 bits per heavy atom. The van der Waals surface area contributed by atoms with Gasteiger partial charge >= 0.3 is 0 Å². The standard InChI is InChI=1S/C19H16N2O8S2/c20-13-7-12(8-14(21)10-13)19(22)11-1-6-17(18(9-11)31(26,27)28)29-15-2-4-16(5-3-15)30(23,24)25/h1-10H,20-21H2,(H,23,24,25)(H,26,27,28). The van der Waals surface area contributed by atoms with Gasteiger partial charge in [0.15, 0.2) is 5.78 Å². The van der Waals surface area contributed by atoms with E-state index in [0.717, 1.165) is 24.3 Å². The highest BCUT2D eigenvalue weighted by atomic mass is 32.2. The van der Waals surface area contributed by atoms with Gasteiger partial charge in [-0.2, -0.15) is 16.8 Å². The van der Waals surface area contributed by atoms with Gasteiger partial charge in [0.25, 0.3) is 20.2 Å². The van der Waals surface area contributed by atoms with Gasteiger partial charge in [-0.05, 0) is 60.7 Å². The predicted octanol–water partition coefficient (Wildman–Crippen LogP) is 2.37. The van der Waals surface area contributed by atoms with Gasteiger partial charge in [0, 0.05) is 22.5 Å². The van der Waals surface area contributed by atoms with E-state index in [-0.39, 0.29) is 34.0 Å². The van der Waals surface area contributed by atoms with Crippen LogP contribution in [-0.2, 0) is 20.2 Å². The average molecular weight is 464 g/mol. The summed E-state index contributed by atoms with van der Waals surface area (Å²) in [6, 6.07) is 12.0. The molecular formula is C19H16N2O8S2. The van der Waals surface area contributed by atoms with Gasteiger partial charge < -0.3 is 16.2 Å². The van der Waals surface area contributed by atoms with E-state index in [4.69, 9.17) is 20.8 Å². The third kappa shape index (κ3) is 5.19. The summed E-state index contributed by atoms with van der Waals surface area (Å²) in [6.45, 7) is 0. The fourth-order valence-electron chi connectivity index (χ4n) is 2.72. The minimum absolute atomic E-state index is 0.0139. The molecule has 3 rings (SSSR count). The summed E-state index contributed by atoms with van der Waals surface area (Å²) >= 11 is 0. The molecule has 0 atom stereocenters. The van der Waals surface area contributed by atoms with E-state index in [0.29, 0.717) is 0 Å². The number of hydrogen-bond acceptors (Lipinski definition) is 8. The topological polar surface area (TPSA) is 187 Å². The smallest absolute Gasteiger partial charge is 0.298 e. The number of nitrogens with two attached hydrogens (primary N) is 2. The zero-order valence-corrected chi connectivity index (χ0v) is 17.2. The molecule has 0 heterocycles. The first-order chi connectivity index (χ1) is 14.3. The van der Waals surface area contributed by atoms with E-state index in [1.165, 1.54) is 36.4 Å². The molecule has 0 fully saturated rings. The summed E-state index contributed by atoms with van der Waals surface area (Å²) in [5.74, 6) is -0.890. The number of ketones is 1. The maximum atomic E-state index is 12.7. The summed E-state index contributed by atoms with van der Waals surface area (Å²) in [7, 11) is -9.22. The van der Waals surface area contributed by atoms with E-state index in [2.05, 4.69) is 0 Å². The number of nitrogen functional groups attached to an aromatic ring is 2. The lowest BCUT2D eigenvalue weighted by molar-refractivity contribution is 0.103. The number of carbonyl (C=O) groups is 1. The third-order valence-electron chi connectivity index (χ3n) is 4.07. The highest BCUT2D eigenvalue weighted by Crippen LogP contribution is 2.31. The molecule has 0 amide bonds. The van der Waals surface area contributed by atoms with E-state index < -0.39 is 35.8 Å². The van der Waals surface area contributed by atoms with Crippen LogP contribution in [0.4, 0.5) is 11.4 Å². The largest absolute Gasteiger partial charge is 0.456 e. The lowest BCUT2D eigenvalue weighted by Gasteiger charge is -2.12. The molecule has 0 spiro atoms. The zero-order chi connectivity index (χ0) is 23.0. The summed E-state index contributed by atoms with van der Waals surface area (Å²) in [6.07, 6.45) is 0. The molecule has 162 valence electrons. The first kappa shape index (κ1) is 22.2. The van der Waals surface area contributed by atoms with E-state index >= 15 is 0 Å². The van der Waals surface area contributed by atoms with E-state index in [1.807, 2.05) is 0 Å². The molecule has 0 saturated heterocycles. The molecule has 3 aromatic rings. The summed E-state index contributed by atoms with van der Waals surface area (Å²) in [4.78, 5) is 11.6. The van der Waals surface area contributed by atoms with Crippen LogP contribution in [0.3, 0.4) is 0 Å². The first-order valence-electron chi connectivity index (χ1n) is 8.42. The molecule has 0 aromatic heterocycles. The fraction of sp³-hybridized carbons (Fsp3) is 0. The molecular weight excluding hydrogens is 448 g/mol. The second-order valence-electron chi connectivity index (χ2n) is 6.40. The Bertz CT molecular complexity index is 1360. The van der Waals surface area contributed by atoms with Crippen molar-refractivity contribution in [2.24, 2.45) is 0 Å². The Morgan fingerprint density at radius 1 is 0.742 bits per heavy atom. The molecule has 0 radical (unpaired) electrons. The highest BCUT2D eigenvalue weighted by molar-refractivity contribution is 7.86. The third-order valence-corrected chi connectivity index (χ3v) is 5.82. The minimum Gasteiger partial charge on any atom is -0.456 e. The van der Waals surface area contributed by atoms with Crippen molar-refractivity contribution in [1.82, 2.24) is 0 Å². The van der Waals surface area contributed by atoms with Gasteiger partial charge in [-0.1, -0.05) is 0 Å². The summed E-state index contributed by atoms with van der Waals surface area (Å²) in [5.41, 5.74) is 11.9. The Morgan fingerprint density at radius 3 is 1.84 bits per heavy atom. The molecule has 3 aromatic carbocycles. The van der Waals surface area contributed by atoms with Crippen molar-refractivity contribution in [2.75, 3.05) is 11.5 Å². The quantitative estimate of drug-likeness (QED) is 0.239. The first-order valence-corrected chi connectivity index (χ1v) is 11.3. The number of carbonyl (C=O) groups excluding carboxylic acids is 1. The van der Waals surface area contributed by atoms with Crippen LogP contribution >= 0.6 is 0 Å². The molecule has 12 heteroatoms. The molecule has 0 saturated carbocycles. The van der Waals surface area contributed by atoms with Crippen LogP contribution in [0.15, 0.2) is 70.5 Å². The maximum Gasteiger partial charge on any atom is 0.298 e. The Kier molecular flexibility index (Phi) is 5.74. The van der Waals surface area contributed by atoms with Crippen LogP contribution < -0.4 is 16.2 Å². The van der Waals surface area contributed by atoms with Crippen LogP contribution in [-0.4, -0.2) is 31.7 Å². The molecule has 10 nitrogen and oxygen atoms in total. The van der Waals surface area contributed by atoms with Gasteiger partial charge in [-0.15, -0.1) is 0 Å². The maximum absolute atomic E-state index is 12.7. The minimum atomic E-state index is -4.80. The molecule has 31 heavy (non-hydrogen) atoms. The molecule has 0 unspecified atom stereocenters.